The van der Waals surface area contributed by atoms with Crippen LogP contribution in [-0.2, 0) is 6.42 Å². The Morgan fingerprint density at radius 2 is 1.75 bits per heavy atom. The van der Waals surface area contributed by atoms with Crippen molar-refractivity contribution < 1.29 is 4.39 Å². The van der Waals surface area contributed by atoms with Crippen LogP contribution < -0.4 is 5.73 Å². The van der Waals surface area contributed by atoms with E-state index in [0.717, 1.165) is 11.1 Å². The molecule has 0 spiro atoms. The third-order valence-corrected chi connectivity index (χ3v) is 4.00. The molecule has 0 saturated heterocycles. The zero-order valence-electron chi connectivity index (χ0n) is 12.0. The Labute approximate surface area is 124 Å². The van der Waals surface area contributed by atoms with E-state index in [2.05, 4.69) is 32.9 Å². The van der Waals surface area contributed by atoms with Gasteiger partial charge in [-0.05, 0) is 55.5 Å². The van der Waals surface area contributed by atoms with E-state index in [0.29, 0.717) is 6.42 Å². The third kappa shape index (κ3) is 3.02. The van der Waals surface area contributed by atoms with Crippen molar-refractivity contribution in [2.45, 2.75) is 33.2 Å². The van der Waals surface area contributed by atoms with Crippen LogP contribution in [0.25, 0.3) is 0 Å². The maximum atomic E-state index is 13.5. The molecule has 0 aliphatic heterocycles. The average Bonchev–Trinajstić information content (AvgIpc) is 2.33. The van der Waals surface area contributed by atoms with Crippen molar-refractivity contribution >= 4 is 11.6 Å². The second kappa shape index (κ2) is 5.94. The summed E-state index contributed by atoms with van der Waals surface area (Å²) in [6, 6.07) is 8.90. The number of hydrogen-bond donors (Lipinski definition) is 1. The van der Waals surface area contributed by atoms with Crippen molar-refractivity contribution in [1.82, 2.24) is 0 Å². The summed E-state index contributed by atoms with van der Waals surface area (Å²) in [6.07, 6.45) is 0.529. The summed E-state index contributed by atoms with van der Waals surface area (Å²) in [6.45, 7) is 6.18. The van der Waals surface area contributed by atoms with Crippen LogP contribution in [0.5, 0.6) is 0 Å². The predicted molar refractivity (Wildman–Crippen MR) is 82.7 cm³/mol. The molecule has 106 valence electrons. The van der Waals surface area contributed by atoms with Crippen molar-refractivity contribution in [3.8, 4) is 0 Å². The monoisotopic (exact) mass is 291 g/mol. The van der Waals surface area contributed by atoms with Crippen molar-refractivity contribution in [2.24, 2.45) is 5.73 Å². The fraction of sp³-hybridized carbons (Fsp3) is 0.294. The Morgan fingerprint density at radius 3 is 2.35 bits per heavy atom. The molecular formula is C17H19ClFN. The highest BCUT2D eigenvalue weighted by molar-refractivity contribution is 6.31. The molecule has 0 aliphatic rings. The Hall–Kier alpha value is -1.38. The number of benzene rings is 2. The first-order valence-electron chi connectivity index (χ1n) is 6.66. The van der Waals surface area contributed by atoms with Gasteiger partial charge >= 0.3 is 0 Å². The van der Waals surface area contributed by atoms with E-state index in [1.54, 1.807) is 6.07 Å². The lowest BCUT2D eigenvalue weighted by Crippen LogP contribution is -2.16. The molecule has 0 saturated carbocycles. The first kappa shape index (κ1) is 15.0. The first-order valence-corrected chi connectivity index (χ1v) is 7.04. The number of aryl methyl sites for hydroxylation is 3. The van der Waals surface area contributed by atoms with Crippen LogP contribution in [0.15, 0.2) is 30.3 Å². The van der Waals surface area contributed by atoms with Gasteiger partial charge in [-0.2, -0.15) is 0 Å². The van der Waals surface area contributed by atoms with Crippen LogP contribution in [0, 0.1) is 26.6 Å². The number of hydrogen-bond acceptors (Lipinski definition) is 1. The smallest absolute Gasteiger partial charge is 0.142 e. The van der Waals surface area contributed by atoms with E-state index in [1.807, 2.05) is 6.07 Å². The Morgan fingerprint density at radius 1 is 1.15 bits per heavy atom. The van der Waals surface area contributed by atoms with Crippen LogP contribution in [0.1, 0.15) is 33.9 Å². The molecule has 2 rings (SSSR count). The normalized spacial score (nSPS) is 12.5. The summed E-state index contributed by atoms with van der Waals surface area (Å²) in [5.41, 5.74) is 11.7. The molecule has 0 aliphatic carbocycles. The first-order chi connectivity index (χ1) is 9.40. The van der Waals surface area contributed by atoms with E-state index in [9.17, 15) is 4.39 Å². The predicted octanol–water partition coefficient (Wildman–Crippen LogP) is 4.65. The summed E-state index contributed by atoms with van der Waals surface area (Å²) in [5, 5.41) is 0.172. The minimum absolute atomic E-state index is 0.172. The van der Waals surface area contributed by atoms with Gasteiger partial charge in [-0.1, -0.05) is 41.4 Å². The van der Waals surface area contributed by atoms with Gasteiger partial charge in [-0.25, -0.2) is 4.39 Å². The van der Waals surface area contributed by atoms with Crippen LogP contribution >= 0.6 is 11.6 Å². The highest BCUT2D eigenvalue weighted by atomic mass is 35.5. The summed E-state index contributed by atoms with van der Waals surface area (Å²) in [7, 11) is 0. The van der Waals surface area contributed by atoms with Gasteiger partial charge in [0.15, 0.2) is 0 Å². The molecule has 20 heavy (non-hydrogen) atoms. The van der Waals surface area contributed by atoms with Crippen molar-refractivity contribution in [2.75, 3.05) is 0 Å². The minimum atomic E-state index is -0.395. The SMILES string of the molecule is Cc1cc(C)c(C(N)Cc2cccc(F)c2Cl)c(C)c1. The number of rotatable bonds is 3. The van der Waals surface area contributed by atoms with Gasteiger partial charge in [-0.3, -0.25) is 0 Å². The molecule has 0 fully saturated rings. The minimum Gasteiger partial charge on any atom is -0.324 e. The lowest BCUT2D eigenvalue weighted by Gasteiger charge is -2.19. The summed E-state index contributed by atoms with van der Waals surface area (Å²) in [5.74, 6) is -0.395. The maximum Gasteiger partial charge on any atom is 0.142 e. The highest BCUT2D eigenvalue weighted by Gasteiger charge is 2.15. The Kier molecular flexibility index (Phi) is 4.46. The van der Waals surface area contributed by atoms with Gasteiger partial charge < -0.3 is 5.73 Å². The van der Waals surface area contributed by atoms with E-state index < -0.39 is 5.82 Å². The van der Waals surface area contributed by atoms with Gasteiger partial charge in [0.25, 0.3) is 0 Å². The lowest BCUT2D eigenvalue weighted by atomic mass is 9.91. The zero-order valence-corrected chi connectivity index (χ0v) is 12.8. The summed E-state index contributed by atoms with van der Waals surface area (Å²) >= 11 is 6.00. The Balaban J connectivity index is 2.33. The molecule has 1 unspecified atom stereocenters. The molecule has 0 aromatic heterocycles. The highest BCUT2D eigenvalue weighted by Crippen LogP contribution is 2.28. The van der Waals surface area contributed by atoms with Gasteiger partial charge in [0, 0.05) is 6.04 Å². The molecule has 0 amide bonds. The van der Waals surface area contributed by atoms with Gasteiger partial charge in [0.1, 0.15) is 5.82 Å². The van der Waals surface area contributed by atoms with Crippen molar-refractivity contribution in [3.63, 3.8) is 0 Å². The summed E-state index contributed by atoms with van der Waals surface area (Å²) in [4.78, 5) is 0. The van der Waals surface area contributed by atoms with Crippen LogP contribution in [0.3, 0.4) is 0 Å². The molecule has 0 bridgehead atoms. The second-order valence-electron chi connectivity index (χ2n) is 5.34. The molecule has 2 aromatic rings. The van der Waals surface area contributed by atoms with Gasteiger partial charge in [-0.15, -0.1) is 0 Å². The second-order valence-corrected chi connectivity index (χ2v) is 5.71. The van der Waals surface area contributed by atoms with E-state index in [1.165, 1.54) is 22.8 Å². The molecule has 2 aromatic carbocycles. The van der Waals surface area contributed by atoms with E-state index in [4.69, 9.17) is 17.3 Å². The van der Waals surface area contributed by atoms with Crippen LogP contribution in [0.2, 0.25) is 5.02 Å². The average molecular weight is 292 g/mol. The molecule has 3 heteroatoms. The molecule has 1 nitrogen and oxygen atoms in total. The molecule has 1 atom stereocenters. The fourth-order valence-corrected chi connectivity index (χ4v) is 3.02. The van der Waals surface area contributed by atoms with E-state index >= 15 is 0 Å². The van der Waals surface area contributed by atoms with Crippen molar-refractivity contribution in [3.05, 3.63) is 69.0 Å². The fourth-order valence-electron chi connectivity index (χ4n) is 2.82. The largest absolute Gasteiger partial charge is 0.324 e. The summed E-state index contributed by atoms with van der Waals surface area (Å²) < 4.78 is 13.5. The van der Waals surface area contributed by atoms with Crippen molar-refractivity contribution in [1.29, 1.82) is 0 Å². The molecule has 0 radical (unpaired) electrons. The zero-order chi connectivity index (χ0) is 14.9. The quantitative estimate of drug-likeness (QED) is 0.875. The third-order valence-electron chi connectivity index (χ3n) is 3.58. The lowest BCUT2D eigenvalue weighted by molar-refractivity contribution is 0.622. The molecule has 2 N–H and O–H groups in total. The standard InChI is InChI=1S/C17H19ClFN/c1-10-7-11(2)16(12(3)8-10)15(20)9-13-5-4-6-14(19)17(13)18/h4-8,15H,9,20H2,1-3H3. The maximum absolute atomic E-state index is 13.5. The topological polar surface area (TPSA) is 26.0 Å². The molecular weight excluding hydrogens is 273 g/mol. The van der Waals surface area contributed by atoms with E-state index in [-0.39, 0.29) is 11.1 Å². The van der Waals surface area contributed by atoms with Gasteiger partial charge in [0.05, 0.1) is 5.02 Å². The van der Waals surface area contributed by atoms with Crippen LogP contribution in [0.4, 0.5) is 4.39 Å². The Bertz CT molecular complexity index is 614. The van der Waals surface area contributed by atoms with Gasteiger partial charge in [0.2, 0.25) is 0 Å². The number of nitrogens with two attached hydrogens (primary N) is 1. The van der Waals surface area contributed by atoms with Crippen LogP contribution in [-0.4, -0.2) is 0 Å². The number of halogens is 2. The molecule has 0 heterocycles.